The number of allylic oxidation sites excluding steroid dienone is 1. The van der Waals surface area contributed by atoms with Crippen LogP contribution in [0, 0.1) is 5.92 Å². The Morgan fingerprint density at radius 1 is 1.78 bits per heavy atom. The molecular formula is C8H12O. The summed E-state index contributed by atoms with van der Waals surface area (Å²) in [6.45, 7) is 8.75. The Hall–Kier alpha value is -0.720. The molecule has 0 aromatic carbocycles. The molecule has 1 atom stereocenters. The topological polar surface area (TPSA) is 9.23 Å². The summed E-state index contributed by atoms with van der Waals surface area (Å²) in [5.41, 5.74) is 1.37. The van der Waals surface area contributed by atoms with E-state index >= 15 is 0 Å². The van der Waals surface area contributed by atoms with E-state index in [2.05, 4.69) is 20.4 Å². The van der Waals surface area contributed by atoms with Gasteiger partial charge >= 0.3 is 0 Å². The molecule has 0 aromatic rings. The van der Waals surface area contributed by atoms with Gasteiger partial charge in [0.15, 0.2) is 0 Å². The molecule has 1 heterocycles. The van der Waals surface area contributed by atoms with Crippen LogP contribution in [0.3, 0.4) is 0 Å². The van der Waals surface area contributed by atoms with Gasteiger partial charge in [0.25, 0.3) is 0 Å². The molecule has 0 bridgehead atoms. The van der Waals surface area contributed by atoms with Crippen LogP contribution in [0.15, 0.2) is 24.0 Å². The average molecular weight is 124 g/mol. The lowest BCUT2D eigenvalue weighted by atomic mass is 10.0. The fraction of sp³-hybridized carbons (Fsp3) is 0.500. The highest BCUT2D eigenvalue weighted by Crippen LogP contribution is 2.18. The van der Waals surface area contributed by atoms with Gasteiger partial charge in [-0.1, -0.05) is 19.1 Å². The summed E-state index contributed by atoms with van der Waals surface area (Å²) in [6, 6.07) is 0. The maximum Gasteiger partial charge on any atom is 0.112 e. The molecule has 1 unspecified atom stereocenters. The van der Waals surface area contributed by atoms with Gasteiger partial charge in [0.1, 0.15) is 5.76 Å². The van der Waals surface area contributed by atoms with Crippen LogP contribution in [-0.4, -0.2) is 6.61 Å². The zero-order valence-electron chi connectivity index (χ0n) is 5.98. The molecule has 0 radical (unpaired) electrons. The van der Waals surface area contributed by atoms with Gasteiger partial charge in [-0.05, 0) is 13.0 Å². The second-order valence-corrected chi connectivity index (χ2v) is 2.57. The fourth-order valence-corrected chi connectivity index (χ4v) is 0.801. The van der Waals surface area contributed by atoms with Crippen molar-refractivity contribution in [1.29, 1.82) is 0 Å². The van der Waals surface area contributed by atoms with Crippen molar-refractivity contribution in [3.8, 4) is 0 Å². The molecule has 0 amide bonds. The second kappa shape index (κ2) is 2.26. The highest BCUT2D eigenvalue weighted by atomic mass is 16.5. The highest BCUT2D eigenvalue weighted by molar-refractivity contribution is 5.19. The Bertz CT molecular complexity index is 156. The van der Waals surface area contributed by atoms with Crippen LogP contribution in [0.1, 0.15) is 13.8 Å². The first-order valence-electron chi connectivity index (χ1n) is 3.20. The quantitative estimate of drug-likeness (QED) is 0.480. The summed E-state index contributed by atoms with van der Waals surface area (Å²) < 4.78 is 5.19. The maximum atomic E-state index is 5.19. The predicted molar refractivity (Wildman–Crippen MR) is 38.0 cm³/mol. The van der Waals surface area contributed by atoms with E-state index in [9.17, 15) is 0 Å². The van der Waals surface area contributed by atoms with Crippen LogP contribution in [0.25, 0.3) is 0 Å². The van der Waals surface area contributed by atoms with Crippen molar-refractivity contribution in [2.75, 3.05) is 6.61 Å². The summed E-state index contributed by atoms with van der Waals surface area (Å²) in [4.78, 5) is 0. The second-order valence-electron chi connectivity index (χ2n) is 2.57. The van der Waals surface area contributed by atoms with Gasteiger partial charge in [0, 0.05) is 5.92 Å². The molecule has 1 aliphatic rings. The molecule has 1 aliphatic heterocycles. The maximum absolute atomic E-state index is 5.19. The molecule has 0 fully saturated rings. The Morgan fingerprint density at radius 2 is 2.44 bits per heavy atom. The molecule has 0 aliphatic carbocycles. The highest BCUT2D eigenvalue weighted by Gasteiger charge is 2.10. The molecule has 0 aromatic heterocycles. The molecule has 0 spiro atoms. The minimum absolute atomic E-state index is 0.565. The van der Waals surface area contributed by atoms with Gasteiger partial charge in [0.2, 0.25) is 0 Å². The van der Waals surface area contributed by atoms with E-state index in [1.165, 1.54) is 5.57 Å². The van der Waals surface area contributed by atoms with E-state index in [-0.39, 0.29) is 0 Å². The smallest absolute Gasteiger partial charge is 0.112 e. The monoisotopic (exact) mass is 124 g/mol. The van der Waals surface area contributed by atoms with Crippen LogP contribution in [0.5, 0.6) is 0 Å². The minimum atomic E-state index is 0.565. The standard InChI is InChI=1S/C8H12O/c1-6-4-8(3)9-5-7(6)2/h4,7H,3,5H2,1-2H3. The SMILES string of the molecule is C=C1C=C(C)C(C)CO1. The average Bonchev–Trinajstić information content (AvgIpc) is 1.80. The van der Waals surface area contributed by atoms with Gasteiger partial charge in [0.05, 0.1) is 6.61 Å². The van der Waals surface area contributed by atoms with Crippen molar-refractivity contribution in [3.05, 3.63) is 24.0 Å². The Kier molecular flexibility index (Phi) is 1.60. The van der Waals surface area contributed by atoms with Gasteiger partial charge < -0.3 is 4.74 Å². The van der Waals surface area contributed by atoms with E-state index in [0.717, 1.165) is 12.4 Å². The van der Waals surface area contributed by atoms with Crippen LogP contribution < -0.4 is 0 Å². The first-order valence-corrected chi connectivity index (χ1v) is 3.20. The van der Waals surface area contributed by atoms with E-state index in [1.807, 2.05) is 6.08 Å². The summed E-state index contributed by atoms with van der Waals surface area (Å²) in [5.74, 6) is 1.36. The third-order valence-corrected chi connectivity index (χ3v) is 1.68. The van der Waals surface area contributed by atoms with E-state index in [0.29, 0.717) is 5.92 Å². The first kappa shape index (κ1) is 6.40. The molecule has 1 nitrogen and oxygen atoms in total. The summed E-state index contributed by atoms with van der Waals surface area (Å²) >= 11 is 0. The Balaban J connectivity index is 2.72. The molecule has 50 valence electrons. The normalized spacial score (nSPS) is 27.1. The summed E-state index contributed by atoms with van der Waals surface area (Å²) in [6.07, 6.45) is 1.99. The van der Waals surface area contributed by atoms with Gasteiger partial charge in [-0.15, -0.1) is 0 Å². The van der Waals surface area contributed by atoms with Crippen molar-refractivity contribution in [3.63, 3.8) is 0 Å². The zero-order chi connectivity index (χ0) is 6.85. The van der Waals surface area contributed by atoms with Crippen LogP contribution in [0.2, 0.25) is 0 Å². The number of hydrogen-bond acceptors (Lipinski definition) is 1. The zero-order valence-corrected chi connectivity index (χ0v) is 5.98. The van der Waals surface area contributed by atoms with Crippen molar-refractivity contribution in [2.24, 2.45) is 5.92 Å². The van der Waals surface area contributed by atoms with E-state index in [4.69, 9.17) is 4.74 Å². The van der Waals surface area contributed by atoms with Crippen molar-refractivity contribution in [2.45, 2.75) is 13.8 Å². The number of hydrogen-bond donors (Lipinski definition) is 0. The van der Waals surface area contributed by atoms with Gasteiger partial charge in [-0.2, -0.15) is 0 Å². The van der Waals surface area contributed by atoms with Crippen molar-refractivity contribution >= 4 is 0 Å². The summed E-state index contributed by atoms with van der Waals surface area (Å²) in [7, 11) is 0. The third kappa shape index (κ3) is 1.35. The van der Waals surface area contributed by atoms with Crippen LogP contribution >= 0.6 is 0 Å². The molecule has 1 rings (SSSR count). The molecule has 0 saturated heterocycles. The Morgan fingerprint density at radius 3 is 2.89 bits per heavy atom. The number of rotatable bonds is 0. The molecule has 9 heavy (non-hydrogen) atoms. The van der Waals surface area contributed by atoms with E-state index < -0.39 is 0 Å². The lowest BCUT2D eigenvalue weighted by Crippen LogP contribution is -2.11. The fourth-order valence-electron chi connectivity index (χ4n) is 0.801. The van der Waals surface area contributed by atoms with Crippen LogP contribution in [-0.2, 0) is 4.74 Å². The van der Waals surface area contributed by atoms with E-state index in [1.54, 1.807) is 0 Å². The third-order valence-electron chi connectivity index (χ3n) is 1.68. The lowest BCUT2D eigenvalue weighted by molar-refractivity contribution is 0.184. The van der Waals surface area contributed by atoms with Gasteiger partial charge in [-0.25, -0.2) is 0 Å². The predicted octanol–water partition coefficient (Wildman–Crippen LogP) is 2.11. The Labute approximate surface area is 56.0 Å². The first-order chi connectivity index (χ1) is 4.20. The van der Waals surface area contributed by atoms with Crippen molar-refractivity contribution in [1.82, 2.24) is 0 Å². The van der Waals surface area contributed by atoms with Crippen LogP contribution in [0.4, 0.5) is 0 Å². The summed E-state index contributed by atoms with van der Waals surface area (Å²) in [5, 5.41) is 0. The van der Waals surface area contributed by atoms with Crippen molar-refractivity contribution < 1.29 is 4.74 Å². The number of ether oxygens (including phenoxy) is 1. The molecule has 0 saturated carbocycles. The lowest BCUT2D eigenvalue weighted by Gasteiger charge is -2.19. The molecular weight excluding hydrogens is 112 g/mol. The largest absolute Gasteiger partial charge is 0.494 e. The molecule has 0 N–H and O–H groups in total. The van der Waals surface area contributed by atoms with Gasteiger partial charge in [-0.3, -0.25) is 0 Å². The minimum Gasteiger partial charge on any atom is -0.494 e. The molecule has 1 heteroatoms.